The van der Waals surface area contributed by atoms with Crippen LogP contribution in [0.3, 0.4) is 0 Å². The standard InChI is InChI=1S/C19H20N2O8S/c1-4-20-18(22)13(3)28-19(23)14-6-9-16(10-7-14)29-30(26,27)17-11-15(21(24)25)8-5-12(17)2/h5-11,13H,4H2,1-3H3,(H,20,22)/t13-/m0/s1. The monoisotopic (exact) mass is 436 g/mol. The molecule has 0 saturated heterocycles. The number of hydrogen-bond acceptors (Lipinski definition) is 8. The molecule has 11 heteroatoms. The molecular formula is C19H20N2O8S. The van der Waals surface area contributed by atoms with Crippen molar-refractivity contribution in [3.8, 4) is 5.75 Å². The maximum Gasteiger partial charge on any atom is 0.339 e. The number of likely N-dealkylation sites (N-methyl/N-ethyl adjacent to an activating group) is 1. The molecule has 2 rings (SSSR count). The second-order valence-corrected chi connectivity index (χ2v) is 7.73. The number of amides is 1. The molecule has 2 aromatic rings. The van der Waals surface area contributed by atoms with E-state index in [1.165, 1.54) is 50.2 Å². The number of ether oxygens (including phenoxy) is 1. The zero-order chi connectivity index (χ0) is 22.5. The van der Waals surface area contributed by atoms with Gasteiger partial charge in [0.15, 0.2) is 6.10 Å². The summed E-state index contributed by atoms with van der Waals surface area (Å²) in [6.07, 6.45) is -0.995. The van der Waals surface area contributed by atoms with Crippen LogP contribution in [0.4, 0.5) is 5.69 Å². The SMILES string of the molecule is CCNC(=O)[C@H](C)OC(=O)c1ccc(OS(=O)(=O)c2cc([N+](=O)[O-])ccc2C)cc1. The van der Waals surface area contributed by atoms with Gasteiger partial charge < -0.3 is 14.2 Å². The zero-order valence-electron chi connectivity index (χ0n) is 16.4. The number of carbonyl (C=O) groups excluding carboxylic acids is 2. The normalized spacial score (nSPS) is 12.0. The topological polar surface area (TPSA) is 142 Å². The number of esters is 1. The van der Waals surface area contributed by atoms with E-state index < -0.39 is 33.0 Å². The highest BCUT2D eigenvalue weighted by atomic mass is 32.2. The average molecular weight is 436 g/mol. The largest absolute Gasteiger partial charge is 0.449 e. The summed E-state index contributed by atoms with van der Waals surface area (Å²) in [5.41, 5.74) is -0.0235. The molecule has 160 valence electrons. The van der Waals surface area contributed by atoms with Crippen LogP contribution in [0.1, 0.15) is 29.8 Å². The lowest BCUT2D eigenvalue weighted by molar-refractivity contribution is -0.385. The van der Waals surface area contributed by atoms with Crippen molar-refractivity contribution in [1.82, 2.24) is 5.32 Å². The quantitative estimate of drug-likeness (QED) is 0.288. The van der Waals surface area contributed by atoms with Crippen molar-refractivity contribution in [3.63, 3.8) is 0 Å². The van der Waals surface area contributed by atoms with Gasteiger partial charge in [0.1, 0.15) is 10.6 Å². The van der Waals surface area contributed by atoms with Crippen LogP contribution in [0.25, 0.3) is 0 Å². The molecule has 0 aliphatic carbocycles. The Balaban J connectivity index is 2.15. The summed E-state index contributed by atoms with van der Waals surface area (Å²) in [6.45, 7) is 5.03. The van der Waals surface area contributed by atoms with Crippen LogP contribution in [0.5, 0.6) is 5.75 Å². The zero-order valence-corrected chi connectivity index (χ0v) is 17.3. The number of hydrogen-bond donors (Lipinski definition) is 1. The lowest BCUT2D eigenvalue weighted by Crippen LogP contribution is -2.35. The van der Waals surface area contributed by atoms with E-state index >= 15 is 0 Å². The summed E-state index contributed by atoms with van der Waals surface area (Å²) >= 11 is 0. The number of benzene rings is 2. The minimum atomic E-state index is -4.34. The van der Waals surface area contributed by atoms with Gasteiger partial charge in [0.2, 0.25) is 0 Å². The Kier molecular flexibility index (Phi) is 7.11. The molecule has 0 aromatic heterocycles. The summed E-state index contributed by atoms with van der Waals surface area (Å²) < 4.78 is 35.1. The van der Waals surface area contributed by atoms with Crippen molar-refractivity contribution in [2.24, 2.45) is 0 Å². The van der Waals surface area contributed by atoms with Gasteiger partial charge >= 0.3 is 16.1 Å². The Bertz CT molecular complexity index is 1060. The summed E-state index contributed by atoms with van der Waals surface area (Å²) in [5.74, 6) is -1.31. The second kappa shape index (κ2) is 9.35. The van der Waals surface area contributed by atoms with Gasteiger partial charge in [-0.15, -0.1) is 0 Å². The first kappa shape index (κ1) is 22.8. The van der Waals surface area contributed by atoms with Crippen molar-refractivity contribution >= 4 is 27.7 Å². The van der Waals surface area contributed by atoms with Gasteiger partial charge in [-0.25, -0.2) is 4.79 Å². The van der Waals surface area contributed by atoms with E-state index in [1.807, 2.05) is 0 Å². The molecule has 0 unspecified atom stereocenters. The third-order valence-corrected chi connectivity index (χ3v) is 5.34. The molecule has 1 N–H and O–H groups in total. The molecule has 0 heterocycles. The molecule has 2 aromatic carbocycles. The smallest absolute Gasteiger partial charge is 0.339 e. The van der Waals surface area contributed by atoms with Crippen molar-refractivity contribution in [3.05, 3.63) is 63.7 Å². The molecular weight excluding hydrogens is 416 g/mol. The third kappa shape index (κ3) is 5.54. The minimum Gasteiger partial charge on any atom is -0.449 e. The summed E-state index contributed by atoms with van der Waals surface area (Å²) in [5, 5.41) is 13.4. The van der Waals surface area contributed by atoms with Gasteiger partial charge in [-0.1, -0.05) is 6.07 Å². The van der Waals surface area contributed by atoms with E-state index in [0.717, 1.165) is 6.07 Å². The number of nitrogens with one attached hydrogen (secondary N) is 1. The maximum atomic E-state index is 12.5. The van der Waals surface area contributed by atoms with E-state index in [2.05, 4.69) is 5.32 Å². The van der Waals surface area contributed by atoms with Crippen LogP contribution in [0, 0.1) is 17.0 Å². The van der Waals surface area contributed by atoms with Crippen LogP contribution in [0.2, 0.25) is 0 Å². The van der Waals surface area contributed by atoms with Crippen LogP contribution in [-0.2, 0) is 19.6 Å². The highest BCUT2D eigenvalue weighted by Crippen LogP contribution is 2.25. The Labute approximate surface area is 173 Å². The fourth-order valence-corrected chi connectivity index (χ4v) is 3.57. The molecule has 0 radical (unpaired) electrons. The van der Waals surface area contributed by atoms with Crippen LogP contribution < -0.4 is 9.50 Å². The van der Waals surface area contributed by atoms with Gasteiger partial charge in [0.25, 0.3) is 11.6 Å². The van der Waals surface area contributed by atoms with Gasteiger partial charge in [-0.2, -0.15) is 8.42 Å². The first-order chi connectivity index (χ1) is 14.0. The van der Waals surface area contributed by atoms with Crippen molar-refractivity contribution in [2.75, 3.05) is 6.54 Å². The fourth-order valence-electron chi connectivity index (χ4n) is 2.39. The maximum absolute atomic E-state index is 12.5. The predicted molar refractivity (Wildman–Crippen MR) is 106 cm³/mol. The van der Waals surface area contributed by atoms with E-state index in [9.17, 15) is 28.1 Å². The molecule has 0 aliphatic heterocycles. The molecule has 1 atom stereocenters. The Morgan fingerprint density at radius 2 is 1.80 bits per heavy atom. The third-order valence-electron chi connectivity index (χ3n) is 3.95. The lowest BCUT2D eigenvalue weighted by atomic mass is 10.2. The van der Waals surface area contributed by atoms with Crippen LogP contribution in [0.15, 0.2) is 47.4 Å². The first-order valence-corrected chi connectivity index (χ1v) is 10.2. The van der Waals surface area contributed by atoms with Crippen LogP contribution in [-0.4, -0.2) is 37.9 Å². The predicted octanol–water partition coefficient (Wildman–Crippen LogP) is 2.35. The molecule has 0 saturated carbocycles. The second-order valence-electron chi connectivity index (χ2n) is 6.21. The lowest BCUT2D eigenvalue weighted by Gasteiger charge is -2.13. The molecule has 0 spiro atoms. The highest BCUT2D eigenvalue weighted by Gasteiger charge is 2.23. The van der Waals surface area contributed by atoms with E-state index in [-0.39, 0.29) is 27.5 Å². The fraction of sp³-hybridized carbons (Fsp3) is 0.263. The summed E-state index contributed by atoms with van der Waals surface area (Å²) in [7, 11) is -4.34. The first-order valence-electron chi connectivity index (χ1n) is 8.83. The highest BCUT2D eigenvalue weighted by molar-refractivity contribution is 7.87. The van der Waals surface area contributed by atoms with Gasteiger partial charge in [0, 0.05) is 18.7 Å². The summed E-state index contributed by atoms with van der Waals surface area (Å²) in [4.78, 5) is 33.6. The van der Waals surface area contributed by atoms with E-state index in [1.54, 1.807) is 6.92 Å². The van der Waals surface area contributed by atoms with Gasteiger partial charge in [-0.3, -0.25) is 14.9 Å². The number of carbonyl (C=O) groups is 2. The number of nitro groups is 1. The molecule has 10 nitrogen and oxygen atoms in total. The average Bonchev–Trinajstić information content (AvgIpc) is 2.68. The Hall–Kier alpha value is -3.47. The van der Waals surface area contributed by atoms with Gasteiger partial charge in [-0.05, 0) is 50.6 Å². The number of non-ortho nitro benzene ring substituents is 1. The molecule has 30 heavy (non-hydrogen) atoms. The Morgan fingerprint density at radius 1 is 1.17 bits per heavy atom. The molecule has 0 fully saturated rings. The molecule has 0 bridgehead atoms. The number of nitrogens with zero attached hydrogens (tertiary/aromatic N) is 1. The van der Waals surface area contributed by atoms with E-state index in [0.29, 0.717) is 6.54 Å². The van der Waals surface area contributed by atoms with Crippen molar-refractivity contribution < 1.29 is 31.9 Å². The van der Waals surface area contributed by atoms with Gasteiger partial charge in [0.05, 0.1) is 10.5 Å². The summed E-state index contributed by atoms with van der Waals surface area (Å²) in [6, 6.07) is 8.43. The number of aryl methyl sites for hydroxylation is 1. The number of rotatable bonds is 8. The van der Waals surface area contributed by atoms with Crippen LogP contribution >= 0.6 is 0 Å². The molecule has 1 amide bonds. The Morgan fingerprint density at radius 3 is 2.37 bits per heavy atom. The van der Waals surface area contributed by atoms with Crippen molar-refractivity contribution in [1.29, 1.82) is 0 Å². The number of nitro benzene ring substituents is 1. The minimum absolute atomic E-state index is 0.0856. The van der Waals surface area contributed by atoms with E-state index in [4.69, 9.17) is 8.92 Å². The van der Waals surface area contributed by atoms with Crippen molar-refractivity contribution in [2.45, 2.75) is 31.8 Å². The molecule has 0 aliphatic rings.